The largest absolute Gasteiger partial charge is 0.460 e. The third-order valence-electron chi connectivity index (χ3n) is 4.60. The summed E-state index contributed by atoms with van der Waals surface area (Å²) in [4.78, 5) is 37.8. The van der Waals surface area contributed by atoms with E-state index in [1.807, 2.05) is 30.3 Å². The van der Waals surface area contributed by atoms with Gasteiger partial charge in [-0.25, -0.2) is 4.79 Å². The zero-order valence-electron chi connectivity index (χ0n) is 21.9. The van der Waals surface area contributed by atoms with Crippen LogP contribution in [0.4, 0.5) is 4.79 Å². The van der Waals surface area contributed by atoms with Gasteiger partial charge < -0.3 is 24.6 Å². The lowest BCUT2D eigenvalue weighted by Gasteiger charge is -2.27. The van der Waals surface area contributed by atoms with E-state index in [4.69, 9.17) is 19.3 Å². The lowest BCUT2D eigenvalue weighted by Crippen LogP contribution is -2.50. The lowest BCUT2D eigenvalue weighted by atomic mass is 10.1. The number of esters is 2. The molecular weight excluding hydrogens is 452 g/mol. The van der Waals surface area contributed by atoms with Crippen molar-refractivity contribution >= 4 is 18.0 Å². The highest BCUT2D eigenvalue weighted by Gasteiger charge is 2.30. The van der Waals surface area contributed by atoms with Gasteiger partial charge in [-0.3, -0.25) is 14.9 Å². The smallest absolute Gasteiger partial charge is 0.407 e. The summed E-state index contributed by atoms with van der Waals surface area (Å²) in [6.45, 7) is 10.8. The highest BCUT2D eigenvalue weighted by molar-refractivity contribution is 5.80. The van der Waals surface area contributed by atoms with Crippen LogP contribution in [-0.2, 0) is 30.4 Å². The van der Waals surface area contributed by atoms with Crippen LogP contribution in [0.15, 0.2) is 30.3 Å². The maximum Gasteiger partial charge on any atom is 0.407 e. The molecule has 0 saturated carbocycles. The summed E-state index contributed by atoms with van der Waals surface area (Å²) >= 11 is 0. The maximum absolute atomic E-state index is 12.9. The van der Waals surface area contributed by atoms with Crippen LogP contribution >= 0.6 is 0 Å². The average molecular weight is 495 g/mol. The predicted octanol–water partition coefficient (Wildman–Crippen LogP) is 3.48. The summed E-state index contributed by atoms with van der Waals surface area (Å²) in [7, 11) is 0. The Hall–Kier alpha value is -2.65. The molecule has 0 bridgehead atoms. The lowest BCUT2D eigenvalue weighted by molar-refractivity contribution is -0.158. The van der Waals surface area contributed by atoms with Crippen LogP contribution in [0.1, 0.15) is 72.8 Å². The maximum atomic E-state index is 12.9. The van der Waals surface area contributed by atoms with Gasteiger partial charge in [-0.1, -0.05) is 30.3 Å². The van der Waals surface area contributed by atoms with Crippen molar-refractivity contribution in [3.05, 3.63) is 35.9 Å². The van der Waals surface area contributed by atoms with E-state index in [2.05, 4.69) is 10.6 Å². The molecule has 9 heteroatoms. The molecule has 1 aromatic carbocycles. The first-order valence-corrected chi connectivity index (χ1v) is 12.1. The van der Waals surface area contributed by atoms with Gasteiger partial charge in [0.1, 0.15) is 29.9 Å². The van der Waals surface area contributed by atoms with E-state index >= 15 is 0 Å². The quantitative estimate of drug-likeness (QED) is 0.216. The van der Waals surface area contributed by atoms with Crippen molar-refractivity contribution in [3.8, 4) is 0 Å². The van der Waals surface area contributed by atoms with Gasteiger partial charge >= 0.3 is 18.0 Å². The molecule has 1 rings (SSSR count). The third kappa shape index (κ3) is 14.4. The molecule has 0 heterocycles. The fourth-order valence-electron chi connectivity index (χ4n) is 3.08. The molecule has 1 aromatic rings. The van der Waals surface area contributed by atoms with E-state index in [9.17, 15) is 14.4 Å². The average Bonchev–Trinajstić information content (AvgIpc) is 2.74. The van der Waals surface area contributed by atoms with Crippen LogP contribution in [-0.4, -0.2) is 59.6 Å². The van der Waals surface area contributed by atoms with Gasteiger partial charge in [-0.15, -0.1) is 0 Å². The molecule has 35 heavy (non-hydrogen) atoms. The fourth-order valence-corrected chi connectivity index (χ4v) is 3.08. The van der Waals surface area contributed by atoms with Gasteiger partial charge in [0.15, 0.2) is 0 Å². The van der Waals surface area contributed by atoms with E-state index in [-0.39, 0.29) is 26.2 Å². The van der Waals surface area contributed by atoms with Gasteiger partial charge in [-0.05, 0) is 72.8 Å². The highest BCUT2D eigenvalue weighted by Crippen LogP contribution is 2.13. The molecule has 0 saturated heterocycles. The second-order valence-electron chi connectivity index (χ2n) is 10.3. The fraction of sp³-hybridized carbons (Fsp3) is 0.654. The van der Waals surface area contributed by atoms with Crippen LogP contribution in [0.2, 0.25) is 0 Å². The topological polar surface area (TPSA) is 123 Å². The third-order valence-corrected chi connectivity index (χ3v) is 4.60. The number of ether oxygens (including phenoxy) is 3. The van der Waals surface area contributed by atoms with Crippen molar-refractivity contribution in [1.29, 1.82) is 0 Å². The molecule has 1 amide bonds. The Balaban J connectivity index is 2.89. The van der Waals surface area contributed by atoms with Crippen LogP contribution in [0, 0.1) is 0 Å². The second-order valence-corrected chi connectivity index (χ2v) is 10.3. The summed E-state index contributed by atoms with van der Waals surface area (Å²) in [6, 6.07) is 7.64. The van der Waals surface area contributed by atoms with Crippen molar-refractivity contribution in [2.75, 3.05) is 13.2 Å². The molecule has 198 valence electrons. The number of nitrogens with one attached hydrogen (secondary N) is 2. The van der Waals surface area contributed by atoms with Crippen LogP contribution in [0.3, 0.4) is 0 Å². The first-order chi connectivity index (χ1) is 16.3. The van der Waals surface area contributed by atoms with Gasteiger partial charge in [-0.2, -0.15) is 0 Å². The van der Waals surface area contributed by atoms with Crippen LogP contribution in [0.25, 0.3) is 0 Å². The zero-order chi connectivity index (χ0) is 26.5. The van der Waals surface area contributed by atoms with E-state index < -0.39 is 41.3 Å². The number of hydrogen-bond donors (Lipinski definition) is 3. The molecule has 0 radical (unpaired) electrons. The van der Waals surface area contributed by atoms with Crippen molar-refractivity contribution in [2.45, 2.75) is 97.1 Å². The standard InChI is InChI=1S/C26H42N2O7/c1-25(2,3)34-23(31)21(15-16-27-24(32)35-26(4,5)6)28-20(14-10-11-17-29)22(30)33-18-19-12-8-7-9-13-19/h7-9,12-13,20-21,28-29H,10-11,14-18H2,1-6H3,(H,27,32). The van der Waals surface area contributed by atoms with E-state index in [1.54, 1.807) is 41.5 Å². The first-order valence-electron chi connectivity index (χ1n) is 12.1. The van der Waals surface area contributed by atoms with Gasteiger partial charge in [0.2, 0.25) is 0 Å². The summed E-state index contributed by atoms with van der Waals surface area (Å²) < 4.78 is 16.3. The monoisotopic (exact) mass is 494 g/mol. The number of carbonyl (C=O) groups is 3. The van der Waals surface area contributed by atoms with E-state index in [0.717, 1.165) is 5.56 Å². The molecule has 9 nitrogen and oxygen atoms in total. The Kier molecular flexibility index (Phi) is 12.7. The highest BCUT2D eigenvalue weighted by atomic mass is 16.6. The Morgan fingerprint density at radius 2 is 1.46 bits per heavy atom. The summed E-state index contributed by atoms with van der Waals surface area (Å²) in [5.41, 5.74) is -0.525. The Morgan fingerprint density at radius 3 is 2.03 bits per heavy atom. The van der Waals surface area contributed by atoms with Crippen molar-refractivity contribution in [1.82, 2.24) is 10.6 Å². The number of rotatable bonds is 13. The molecule has 0 spiro atoms. The Morgan fingerprint density at radius 1 is 0.857 bits per heavy atom. The molecule has 0 fully saturated rings. The number of hydrogen-bond acceptors (Lipinski definition) is 8. The van der Waals surface area contributed by atoms with Crippen molar-refractivity contribution in [2.24, 2.45) is 0 Å². The van der Waals surface area contributed by atoms with E-state index in [1.165, 1.54) is 0 Å². The molecule has 0 aliphatic rings. The minimum Gasteiger partial charge on any atom is -0.460 e. The Bertz CT molecular complexity index is 785. The van der Waals surface area contributed by atoms with Gasteiger partial charge in [0, 0.05) is 13.2 Å². The molecule has 2 unspecified atom stereocenters. The second kappa shape index (κ2) is 14.7. The number of aliphatic hydroxyl groups excluding tert-OH is 1. The normalized spacial score (nSPS) is 13.5. The zero-order valence-corrected chi connectivity index (χ0v) is 21.9. The van der Waals surface area contributed by atoms with Gasteiger partial charge in [0.05, 0.1) is 0 Å². The van der Waals surface area contributed by atoms with Gasteiger partial charge in [0.25, 0.3) is 0 Å². The minimum atomic E-state index is -0.868. The number of unbranched alkanes of at least 4 members (excludes halogenated alkanes) is 1. The number of amides is 1. The molecular formula is C26H42N2O7. The number of alkyl carbamates (subject to hydrolysis) is 1. The molecule has 3 N–H and O–H groups in total. The summed E-state index contributed by atoms with van der Waals surface area (Å²) in [5, 5.41) is 14.9. The number of benzene rings is 1. The van der Waals surface area contributed by atoms with E-state index in [0.29, 0.717) is 19.3 Å². The first kappa shape index (κ1) is 30.4. The van der Waals surface area contributed by atoms with Crippen LogP contribution in [0.5, 0.6) is 0 Å². The van der Waals surface area contributed by atoms with Crippen LogP contribution < -0.4 is 10.6 Å². The SMILES string of the molecule is CC(C)(C)OC(=O)NCCC(NC(CCCCO)C(=O)OCc1ccccc1)C(=O)OC(C)(C)C. The molecule has 0 aromatic heterocycles. The molecule has 0 aliphatic heterocycles. The Labute approximate surface area is 208 Å². The minimum absolute atomic E-state index is 0.00108. The predicted molar refractivity (Wildman–Crippen MR) is 133 cm³/mol. The van der Waals surface area contributed by atoms with Crippen molar-refractivity contribution in [3.63, 3.8) is 0 Å². The summed E-state index contributed by atoms with van der Waals surface area (Å²) in [6.07, 6.45) is 1.03. The molecule has 0 aliphatic carbocycles. The summed E-state index contributed by atoms with van der Waals surface area (Å²) in [5.74, 6) is -1.04. The number of aliphatic hydroxyl groups is 1. The van der Waals surface area contributed by atoms with Crippen molar-refractivity contribution < 1.29 is 33.7 Å². The number of carbonyl (C=O) groups excluding carboxylic acids is 3. The molecule has 2 atom stereocenters.